The lowest BCUT2D eigenvalue weighted by atomic mass is 10.1. The zero-order chi connectivity index (χ0) is 17.9. The van der Waals surface area contributed by atoms with Gasteiger partial charge in [-0.05, 0) is 42.8 Å². The molecule has 2 aromatic carbocycles. The van der Waals surface area contributed by atoms with Gasteiger partial charge in [0.15, 0.2) is 4.80 Å². The Hall–Kier alpha value is -2.76. The van der Waals surface area contributed by atoms with Crippen LogP contribution in [0.2, 0.25) is 5.02 Å². The second-order valence-corrected chi connectivity index (χ2v) is 7.01. The molecule has 0 aliphatic heterocycles. The Morgan fingerprint density at radius 2 is 1.65 bits per heavy atom. The van der Waals surface area contributed by atoms with Crippen LogP contribution >= 0.6 is 22.9 Å². The molecule has 2 heterocycles. The highest BCUT2D eigenvalue weighted by atomic mass is 35.5. The van der Waals surface area contributed by atoms with Gasteiger partial charge in [-0.25, -0.2) is 9.97 Å². The molecule has 0 atom stereocenters. The van der Waals surface area contributed by atoms with E-state index in [-0.39, 0.29) is 0 Å². The van der Waals surface area contributed by atoms with Crippen molar-refractivity contribution in [1.82, 2.24) is 14.5 Å². The number of aryl methyl sites for hydroxylation is 1. The number of thiazole rings is 1. The minimum Gasteiger partial charge on any atom is -0.285 e. The topological polar surface area (TPSA) is 43.1 Å². The fourth-order valence-electron chi connectivity index (χ4n) is 2.59. The first-order chi connectivity index (χ1) is 12.7. The van der Waals surface area contributed by atoms with Gasteiger partial charge in [-0.1, -0.05) is 41.4 Å². The highest BCUT2D eigenvalue weighted by molar-refractivity contribution is 7.07. The lowest BCUT2D eigenvalue weighted by Crippen LogP contribution is -2.14. The molecule has 0 saturated heterocycles. The van der Waals surface area contributed by atoms with Gasteiger partial charge in [0.1, 0.15) is 0 Å². The van der Waals surface area contributed by atoms with E-state index in [1.165, 1.54) is 5.56 Å². The SMILES string of the molecule is Cc1ccc(-n2c(-c3ccc(Cl)cc3)cs/c2=N\c2ncccn2)cc1. The molecule has 2 aromatic heterocycles. The minimum atomic E-state index is 0.442. The van der Waals surface area contributed by atoms with Gasteiger partial charge in [0.05, 0.1) is 5.69 Å². The second-order valence-electron chi connectivity index (χ2n) is 5.74. The van der Waals surface area contributed by atoms with Crippen LogP contribution in [0.1, 0.15) is 5.56 Å². The maximum atomic E-state index is 6.05. The molecule has 4 nitrogen and oxygen atoms in total. The molecule has 4 rings (SSSR count). The molecule has 0 bridgehead atoms. The fourth-order valence-corrected chi connectivity index (χ4v) is 3.62. The van der Waals surface area contributed by atoms with E-state index in [1.54, 1.807) is 29.8 Å². The molecular formula is C20H15ClN4S. The average Bonchev–Trinajstić information content (AvgIpc) is 3.07. The van der Waals surface area contributed by atoms with E-state index in [1.807, 2.05) is 24.3 Å². The van der Waals surface area contributed by atoms with Crippen LogP contribution in [0.5, 0.6) is 0 Å². The molecule has 0 aliphatic rings. The number of benzene rings is 2. The molecule has 0 radical (unpaired) electrons. The number of aromatic nitrogens is 3. The van der Waals surface area contributed by atoms with Crippen molar-refractivity contribution in [2.24, 2.45) is 4.99 Å². The summed E-state index contributed by atoms with van der Waals surface area (Å²) in [5.74, 6) is 0.442. The van der Waals surface area contributed by atoms with Gasteiger partial charge in [0.2, 0.25) is 0 Å². The van der Waals surface area contributed by atoms with Crippen molar-refractivity contribution in [2.45, 2.75) is 6.92 Å². The van der Waals surface area contributed by atoms with E-state index in [2.05, 4.69) is 56.1 Å². The normalized spacial score (nSPS) is 11.7. The number of rotatable bonds is 3. The number of nitrogens with zero attached hydrogens (tertiary/aromatic N) is 4. The quantitative estimate of drug-likeness (QED) is 0.492. The molecule has 0 spiro atoms. The summed E-state index contributed by atoms with van der Waals surface area (Å²) < 4.78 is 2.11. The minimum absolute atomic E-state index is 0.442. The molecule has 0 N–H and O–H groups in total. The van der Waals surface area contributed by atoms with E-state index in [4.69, 9.17) is 11.6 Å². The molecule has 26 heavy (non-hydrogen) atoms. The lowest BCUT2D eigenvalue weighted by molar-refractivity contribution is 0.987. The molecular weight excluding hydrogens is 364 g/mol. The molecule has 6 heteroatoms. The van der Waals surface area contributed by atoms with Crippen LogP contribution in [0.25, 0.3) is 16.9 Å². The number of hydrogen-bond donors (Lipinski definition) is 0. The summed E-state index contributed by atoms with van der Waals surface area (Å²) in [6, 6.07) is 18.0. The van der Waals surface area contributed by atoms with Crippen LogP contribution in [0, 0.1) is 6.92 Å². The molecule has 0 unspecified atom stereocenters. The Balaban J connectivity index is 1.94. The Morgan fingerprint density at radius 3 is 2.35 bits per heavy atom. The summed E-state index contributed by atoms with van der Waals surface area (Å²) in [6.45, 7) is 2.07. The van der Waals surface area contributed by atoms with Gasteiger partial charge in [-0.2, -0.15) is 4.99 Å². The standard InChI is InChI=1S/C20H15ClN4S/c1-14-3-9-17(10-4-14)25-18(15-5-7-16(21)8-6-15)13-26-20(25)24-19-22-11-2-12-23-19/h2-13H,1H3/b24-20-. The number of hydrogen-bond acceptors (Lipinski definition) is 4. The Labute approximate surface area is 160 Å². The maximum absolute atomic E-state index is 6.05. The van der Waals surface area contributed by atoms with E-state index in [9.17, 15) is 0 Å². The highest BCUT2D eigenvalue weighted by Gasteiger charge is 2.10. The van der Waals surface area contributed by atoms with Crippen LogP contribution < -0.4 is 4.80 Å². The van der Waals surface area contributed by atoms with Crippen LogP contribution in [-0.4, -0.2) is 14.5 Å². The van der Waals surface area contributed by atoms with Crippen LogP contribution in [-0.2, 0) is 0 Å². The first-order valence-corrected chi connectivity index (χ1v) is 9.32. The molecule has 0 amide bonds. The van der Waals surface area contributed by atoms with Crippen molar-refractivity contribution in [1.29, 1.82) is 0 Å². The summed E-state index contributed by atoms with van der Waals surface area (Å²) in [5, 5.41) is 2.80. The first kappa shape index (κ1) is 16.7. The maximum Gasteiger partial charge on any atom is 0.251 e. The third-order valence-corrected chi connectivity index (χ3v) is 4.97. The third kappa shape index (κ3) is 3.45. The lowest BCUT2D eigenvalue weighted by Gasteiger charge is -2.10. The Kier molecular flexibility index (Phi) is 4.65. The first-order valence-electron chi connectivity index (χ1n) is 8.06. The molecule has 0 aliphatic carbocycles. The van der Waals surface area contributed by atoms with E-state index < -0.39 is 0 Å². The van der Waals surface area contributed by atoms with Gasteiger partial charge >= 0.3 is 0 Å². The van der Waals surface area contributed by atoms with Crippen molar-refractivity contribution < 1.29 is 0 Å². The Bertz CT molecular complexity index is 1080. The zero-order valence-electron chi connectivity index (χ0n) is 14.0. The summed E-state index contributed by atoms with van der Waals surface area (Å²) in [4.78, 5) is 13.9. The second kappa shape index (κ2) is 7.23. The van der Waals surface area contributed by atoms with E-state index >= 15 is 0 Å². The Morgan fingerprint density at radius 1 is 0.962 bits per heavy atom. The van der Waals surface area contributed by atoms with Crippen molar-refractivity contribution >= 4 is 28.9 Å². The monoisotopic (exact) mass is 378 g/mol. The van der Waals surface area contributed by atoms with E-state index in [0.29, 0.717) is 11.0 Å². The van der Waals surface area contributed by atoms with Gasteiger partial charge < -0.3 is 0 Å². The van der Waals surface area contributed by atoms with Crippen LogP contribution in [0.4, 0.5) is 5.95 Å². The third-order valence-electron chi connectivity index (χ3n) is 3.89. The summed E-state index contributed by atoms with van der Waals surface area (Å²) >= 11 is 7.60. The summed E-state index contributed by atoms with van der Waals surface area (Å²) in [7, 11) is 0. The van der Waals surface area contributed by atoms with Crippen molar-refractivity contribution in [3.63, 3.8) is 0 Å². The molecule has 4 aromatic rings. The van der Waals surface area contributed by atoms with Crippen molar-refractivity contribution in [3.8, 4) is 16.9 Å². The molecule has 128 valence electrons. The van der Waals surface area contributed by atoms with Gasteiger partial charge in [-0.3, -0.25) is 4.57 Å². The molecule has 0 saturated carbocycles. The van der Waals surface area contributed by atoms with Gasteiger partial charge in [0, 0.05) is 28.5 Å². The highest BCUT2D eigenvalue weighted by Crippen LogP contribution is 2.25. The predicted molar refractivity (Wildman–Crippen MR) is 106 cm³/mol. The van der Waals surface area contributed by atoms with Gasteiger partial charge in [-0.15, -0.1) is 11.3 Å². The van der Waals surface area contributed by atoms with Crippen molar-refractivity contribution in [2.75, 3.05) is 0 Å². The summed E-state index contributed by atoms with van der Waals surface area (Å²) in [5.41, 5.74) is 4.37. The van der Waals surface area contributed by atoms with Crippen LogP contribution in [0.15, 0.2) is 77.4 Å². The largest absolute Gasteiger partial charge is 0.285 e. The predicted octanol–water partition coefficient (Wildman–Crippen LogP) is 5.19. The van der Waals surface area contributed by atoms with Crippen molar-refractivity contribution in [3.05, 3.63) is 87.8 Å². The smallest absolute Gasteiger partial charge is 0.251 e. The average molecular weight is 379 g/mol. The van der Waals surface area contributed by atoms with Crippen LogP contribution in [0.3, 0.4) is 0 Å². The fraction of sp³-hybridized carbons (Fsp3) is 0.0500. The molecule has 0 fully saturated rings. The van der Waals surface area contributed by atoms with E-state index in [0.717, 1.165) is 21.7 Å². The summed E-state index contributed by atoms with van der Waals surface area (Å²) in [6.07, 6.45) is 3.38. The number of halogens is 1. The zero-order valence-corrected chi connectivity index (χ0v) is 15.6. The van der Waals surface area contributed by atoms with Gasteiger partial charge in [0.25, 0.3) is 5.95 Å².